The van der Waals surface area contributed by atoms with Gasteiger partial charge < -0.3 is 10.1 Å². The number of nitrogens with one attached hydrogen (secondary N) is 1. The molecule has 0 atom stereocenters. The summed E-state index contributed by atoms with van der Waals surface area (Å²) in [4.78, 5) is 0. The van der Waals surface area contributed by atoms with E-state index in [2.05, 4.69) is 5.32 Å². The number of rotatable bonds is 2. The number of halogens is 2. The summed E-state index contributed by atoms with van der Waals surface area (Å²) in [5.74, 6) is -0.203. The molecule has 0 bridgehead atoms. The fourth-order valence-electron chi connectivity index (χ4n) is 1.10. The Bertz CT molecular complexity index is 261. The van der Waals surface area contributed by atoms with Crippen LogP contribution >= 0.6 is 12.4 Å². The molecule has 2 nitrogen and oxygen atoms in total. The lowest BCUT2D eigenvalue weighted by Gasteiger charge is -2.27. The Kier molecular flexibility index (Phi) is 3.51. The summed E-state index contributed by atoms with van der Waals surface area (Å²) in [5, 5.41) is 3.21. The number of ether oxygens (including phenoxy) is 1. The van der Waals surface area contributed by atoms with Crippen LogP contribution in [0.5, 0.6) is 0 Å². The Morgan fingerprint density at radius 3 is 2.31 bits per heavy atom. The van der Waals surface area contributed by atoms with Gasteiger partial charge in [-0.05, 0) is 24.3 Å². The van der Waals surface area contributed by atoms with Gasteiger partial charge in [0.1, 0.15) is 5.82 Å². The Labute approximate surface area is 82.5 Å². The summed E-state index contributed by atoms with van der Waals surface area (Å²) in [5.41, 5.74) is 0.949. The molecule has 1 fully saturated rings. The standard InChI is InChI=1S/C9H10FNO.ClH/c10-7-1-3-8(4-2-7)11-9-5-12-6-9;/h1-4,9,11H,5-6H2;1H. The lowest BCUT2D eigenvalue weighted by molar-refractivity contribution is 0.0211. The first-order valence-corrected chi connectivity index (χ1v) is 3.94. The molecule has 4 heteroatoms. The van der Waals surface area contributed by atoms with Gasteiger partial charge in [0.15, 0.2) is 0 Å². The molecular formula is C9H11ClFNO. The van der Waals surface area contributed by atoms with E-state index in [-0.39, 0.29) is 18.2 Å². The maximum Gasteiger partial charge on any atom is 0.123 e. The lowest BCUT2D eigenvalue weighted by Crippen LogP contribution is -2.40. The number of hydrogen-bond donors (Lipinski definition) is 1. The maximum atomic E-state index is 12.5. The van der Waals surface area contributed by atoms with Crippen molar-refractivity contribution in [3.8, 4) is 0 Å². The van der Waals surface area contributed by atoms with E-state index in [1.54, 1.807) is 12.1 Å². The molecule has 13 heavy (non-hydrogen) atoms. The van der Waals surface area contributed by atoms with Gasteiger partial charge in [0, 0.05) is 5.69 Å². The van der Waals surface area contributed by atoms with Crippen LogP contribution in [0.1, 0.15) is 0 Å². The van der Waals surface area contributed by atoms with Crippen LogP contribution in [-0.4, -0.2) is 19.3 Å². The third-order valence-corrected chi connectivity index (χ3v) is 1.85. The summed E-state index contributed by atoms with van der Waals surface area (Å²) in [6, 6.07) is 6.75. The predicted octanol–water partition coefficient (Wildman–Crippen LogP) is 2.06. The number of benzene rings is 1. The van der Waals surface area contributed by atoms with Crippen LogP contribution in [0.15, 0.2) is 24.3 Å². The highest BCUT2D eigenvalue weighted by molar-refractivity contribution is 5.85. The van der Waals surface area contributed by atoms with Gasteiger partial charge in [-0.1, -0.05) is 0 Å². The van der Waals surface area contributed by atoms with Gasteiger partial charge in [-0.25, -0.2) is 4.39 Å². The van der Waals surface area contributed by atoms with E-state index in [1.807, 2.05) is 0 Å². The van der Waals surface area contributed by atoms with Crippen LogP contribution in [0, 0.1) is 5.82 Å². The van der Waals surface area contributed by atoms with Gasteiger partial charge >= 0.3 is 0 Å². The fraction of sp³-hybridized carbons (Fsp3) is 0.333. The Morgan fingerprint density at radius 1 is 1.23 bits per heavy atom. The zero-order chi connectivity index (χ0) is 8.39. The molecule has 1 saturated heterocycles. The number of hydrogen-bond acceptors (Lipinski definition) is 2. The van der Waals surface area contributed by atoms with Crippen molar-refractivity contribution in [2.45, 2.75) is 6.04 Å². The normalized spacial score (nSPS) is 15.8. The van der Waals surface area contributed by atoms with Gasteiger partial charge in [-0.2, -0.15) is 0 Å². The van der Waals surface area contributed by atoms with Gasteiger partial charge in [-0.15, -0.1) is 12.4 Å². The lowest BCUT2D eigenvalue weighted by atomic mass is 10.2. The zero-order valence-electron chi connectivity index (χ0n) is 7.00. The molecule has 1 aliphatic rings. The van der Waals surface area contributed by atoms with Crippen molar-refractivity contribution in [1.29, 1.82) is 0 Å². The first kappa shape index (κ1) is 10.3. The predicted molar refractivity (Wildman–Crippen MR) is 51.9 cm³/mol. The highest BCUT2D eigenvalue weighted by Gasteiger charge is 2.17. The van der Waals surface area contributed by atoms with Crippen LogP contribution < -0.4 is 5.32 Å². The van der Waals surface area contributed by atoms with E-state index in [0.717, 1.165) is 18.9 Å². The maximum absolute atomic E-state index is 12.5. The SMILES string of the molecule is Cl.Fc1ccc(NC2COC2)cc1. The molecule has 0 radical (unpaired) electrons. The molecule has 1 aromatic rings. The summed E-state index contributed by atoms with van der Waals surface area (Å²) in [7, 11) is 0. The molecule has 1 N–H and O–H groups in total. The minimum atomic E-state index is -0.203. The van der Waals surface area contributed by atoms with E-state index in [0.29, 0.717) is 6.04 Å². The van der Waals surface area contributed by atoms with E-state index in [9.17, 15) is 4.39 Å². The summed E-state index contributed by atoms with van der Waals surface area (Å²) in [6.07, 6.45) is 0. The molecule has 1 aliphatic heterocycles. The van der Waals surface area contributed by atoms with Crippen LogP contribution in [0.2, 0.25) is 0 Å². The van der Waals surface area contributed by atoms with Crippen LogP contribution in [0.4, 0.5) is 10.1 Å². The smallest absolute Gasteiger partial charge is 0.123 e. The van der Waals surface area contributed by atoms with Crippen molar-refractivity contribution < 1.29 is 9.13 Å². The van der Waals surface area contributed by atoms with Crippen molar-refractivity contribution in [1.82, 2.24) is 0 Å². The van der Waals surface area contributed by atoms with E-state index in [1.165, 1.54) is 12.1 Å². The quantitative estimate of drug-likeness (QED) is 0.795. The summed E-state index contributed by atoms with van der Waals surface area (Å²) < 4.78 is 17.5. The molecule has 0 unspecified atom stereocenters. The van der Waals surface area contributed by atoms with Crippen molar-refractivity contribution in [2.24, 2.45) is 0 Å². The van der Waals surface area contributed by atoms with Gasteiger partial charge in [0.2, 0.25) is 0 Å². The second-order valence-corrected chi connectivity index (χ2v) is 2.89. The van der Waals surface area contributed by atoms with Crippen molar-refractivity contribution in [2.75, 3.05) is 18.5 Å². The minimum absolute atomic E-state index is 0. The Hall–Kier alpha value is -0.800. The highest BCUT2D eigenvalue weighted by Crippen LogP contribution is 2.12. The number of anilines is 1. The largest absolute Gasteiger partial charge is 0.378 e. The van der Waals surface area contributed by atoms with Crippen LogP contribution in [-0.2, 0) is 4.74 Å². The van der Waals surface area contributed by atoms with Crippen molar-refractivity contribution >= 4 is 18.1 Å². The van der Waals surface area contributed by atoms with Gasteiger partial charge in [0.05, 0.1) is 19.3 Å². The molecule has 2 rings (SSSR count). The Balaban J connectivity index is 0.000000845. The van der Waals surface area contributed by atoms with Gasteiger partial charge in [-0.3, -0.25) is 0 Å². The minimum Gasteiger partial charge on any atom is -0.378 e. The van der Waals surface area contributed by atoms with Crippen molar-refractivity contribution in [3.63, 3.8) is 0 Å². The molecule has 0 saturated carbocycles. The molecule has 72 valence electrons. The molecular weight excluding hydrogens is 193 g/mol. The van der Waals surface area contributed by atoms with E-state index in [4.69, 9.17) is 4.74 Å². The highest BCUT2D eigenvalue weighted by atomic mass is 35.5. The second-order valence-electron chi connectivity index (χ2n) is 2.89. The summed E-state index contributed by atoms with van der Waals surface area (Å²) >= 11 is 0. The molecule has 0 aromatic heterocycles. The first-order valence-electron chi connectivity index (χ1n) is 3.94. The van der Waals surface area contributed by atoms with E-state index >= 15 is 0 Å². The van der Waals surface area contributed by atoms with E-state index < -0.39 is 0 Å². The second kappa shape index (κ2) is 4.44. The molecule has 0 amide bonds. The monoisotopic (exact) mass is 203 g/mol. The third kappa shape index (κ3) is 2.57. The molecule has 1 aromatic carbocycles. The molecule has 1 heterocycles. The summed E-state index contributed by atoms with van der Waals surface area (Å²) in [6.45, 7) is 1.49. The first-order chi connectivity index (χ1) is 5.84. The van der Waals surface area contributed by atoms with Gasteiger partial charge in [0.25, 0.3) is 0 Å². The average molecular weight is 204 g/mol. The van der Waals surface area contributed by atoms with Crippen LogP contribution in [0.25, 0.3) is 0 Å². The Morgan fingerprint density at radius 2 is 1.85 bits per heavy atom. The third-order valence-electron chi connectivity index (χ3n) is 1.85. The molecule has 0 spiro atoms. The topological polar surface area (TPSA) is 21.3 Å². The van der Waals surface area contributed by atoms with Crippen LogP contribution in [0.3, 0.4) is 0 Å². The van der Waals surface area contributed by atoms with Crippen molar-refractivity contribution in [3.05, 3.63) is 30.1 Å². The zero-order valence-corrected chi connectivity index (χ0v) is 7.81. The fourth-order valence-corrected chi connectivity index (χ4v) is 1.10. The molecule has 0 aliphatic carbocycles. The average Bonchev–Trinajstić information content (AvgIpc) is 2.00.